The zero-order chi connectivity index (χ0) is 20.8. The van der Waals surface area contributed by atoms with Crippen LogP contribution in [-0.2, 0) is 13.0 Å². The van der Waals surface area contributed by atoms with E-state index in [-0.39, 0.29) is 0 Å². The Morgan fingerprint density at radius 3 is 2.80 bits per heavy atom. The Hall–Kier alpha value is -3.88. The molecule has 154 valence electrons. The molecular weight excluding hydrogens is 380 g/mol. The summed E-state index contributed by atoms with van der Waals surface area (Å²) in [5, 5.41) is 10.5. The van der Waals surface area contributed by atoms with Gasteiger partial charge in [-0.15, -0.1) is 0 Å². The van der Waals surface area contributed by atoms with Gasteiger partial charge in [0, 0.05) is 27.1 Å². The number of aliphatic imine (C=N–C) groups is 1. The third-order valence-electron chi connectivity index (χ3n) is 4.59. The highest BCUT2D eigenvalue weighted by Gasteiger charge is 2.11. The molecule has 0 fully saturated rings. The number of nitrogens with zero attached hydrogens (tertiary/aromatic N) is 5. The second-order valence-electron chi connectivity index (χ2n) is 6.77. The molecule has 0 radical (unpaired) electrons. The summed E-state index contributed by atoms with van der Waals surface area (Å²) in [5.41, 5.74) is 2.11. The van der Waals surface area contributed by atoms with Crippen molar-refractivity contribution in [2.24, 2.45) is 4.99 Å². The Kier molecular flexibility index (Phi) is 5.88. The molecule has 0 aliphatic rings. The minimum Gasteiger partial charge on any atom is -0.461 e. The number of hydrogen-bond donors (Lipinski definition) is 3. The van der Waals surface area contributed by atoms with E-state index in [0.29, 0.717) is 31.1 Å². The van der Waals surface area contributed by atoms with E-state index in [1.165, 1.54) is 0 Å². The van der Waals surface area contributed by atoms with Gasteiger partial charge in [-0.25, -0.2) is 9.97 Å². The van der Waals surface area contributed by atoms with Crippen molar-refractivity contribution in [1.82, 2.24) is 35.4 Å². The SMILES string of the molecule is CN=C(NCCc1nc(-c2ccco2)n[nH]1)N(C)Cc1ncc(-c2ccccc2)[nH]1. The number of benzene rings is 1. The molecule has 0 saturated carbocycles. The van der Waals surface area contributed by atoms with E-state index >= 15 is 0 Å². The van der Waals surface area contributed by atoms with Gasteiger partial charge in [-0.2, -0.15) is 5.10 Å². The van der Waals surface area contributed by atoms with Crippen LogP contribution in [0.25, 0.3) is 22.8 Å². The fourth-order valence-corrected chi connectivity index (χ4v) is 3.11. The van der Waals surface area contributed by atoms with Crippen LogP contribution in [-0.4, -0.2) is 56.6 Å². The number of aromatic nitrogens is 5. The third kappa shape index (κ3) is 4.57. The quantitative estimate of drug-likeness (QED) is 0.323. The molecule has 0 amide bonds. The molecule has 3 N–H and O–H groups in total. The maximum absolute atomic E-state index is 5.32. The normalized spacial score (nSPS) is 11.6. The Morgan fingerprint density at radius 1 is 1.17 bits per heavy atom. The number of imidazole rings is 1. The lowest BCUT2D eigenvalue weighted by Crippen LogP contribution is -2.39. The van der Waals surface area contributed by atoms with Crippen LogP contribution in [0.15, 0.2) is 64.3 Å². The molecular formula is C21H24N8O. The molecule has 3 heterocycles. The minimum absolute atomic E-state index is 0.559. The monoisotopic (exact) mass is 404 g/mol. The van der Waals surface area contributed by atoms with E-state index in [1.807, 2.05) is 48.5 Å². The predicted molar refractivity (Wildman–Crippen MR) is 115 cm³/mol. The van der Waals surface area contributed by atoms with Crippen LogP contribution in [0, 0.1) is 0 Å². The predicted octanol–water partition coefficient (Wildman–Crippen LogP) is 2.70. The summed E-state index contributed by atoms with van der Waals surface area (Å²) in [6.45, 7) is 1.27. The first kappa shape index (κ1) is 19.4. The molecule has 0 atom stereocenters. The molecule has 4 aromatic rings. The van der Waals surface area contributed by atoms with Gasteiger partial charge in [0.2, 0.25) is 5.82 Å². The maximum Gasteiger partial charge on any atom is 0.216 e. The van der Waals surface area contributed by atoms with Crippen LogP contribution in [0.5, 0.6) is 0 Å². The number of H-pyrrole nitrogens is 2. The van der Waals surface area contributed by atoms with Gasteiger partial charge in [-0.1, -0.05) is 30.3 Å². The highest BCUT2D eigenvalue weighted by Crippen LogP contribution is 2.16. The van der Waals surface area contributed by atoms with E-state index in [4.69, 9.17) is 4.42 Å². The Morgan fingerprint density at radius 2 is 2.03 bits per heavy atom. The number of guanidine groups is 1. The van der Waals surface area contributed by atoms with Gasteiger partial charge in [-0.3, -0.25) is 10.1 Å². The molecule has 0 aliphatic carbocycles. The lowest BCUT2D eigenvalue weighted by molar-refractivity contribution is 0.464. The van der Waals surface area contributed by atoms with Gasteiger partial charge < -0.3 is 19.6 Å². The summed E-state index contributed by atoms with van der Waals surface area (Å²) in [6.07, 6.45) is 4.14. The molecule has 4 rings (SSSR count). The van der Waals surface area contributed by atoms with Crippen LogP contribution >= 0.6 is 0 Å². The Labute approximate surface area is 174 Å². The largest absolute Gasteiger partial charge is 0.461 e. The minimum atomic E-state index is 0.559. The number of hydrogen-bond acceptors (Lipinski definition) is 5. The Balaban J connectivity index is 1.29. The van der Waals surface area contributed by atoms with Crippen LogP contribution in [0.3, 0.4) is 0 Å². The summed E-state index contributed by atoms with van der Waals surface area (Å²) in [6, 6.07) is 13.8. The van der Waals surface area contributed by atoms with Crippen molar-refractivity contribution in [3.8, 4) is 22.8 Å². The number of rotatable bonds is 7. The first-order valence-electron chi connectivity index (χ1n) is 9.69. The van der Waals surface area contributed by atoms with Crippen molar-refractivity contribution in [2.75, 3.05) is 20.6 Å². The van der Waals surface area contributed by atoms with E-state index in [9.17, 15) is 0 Å². The van der Waals surface area contributed by atoms with Crippen molar-refractivity contribution in [3.05, 3.63) is 66.6 Å². The zero-order valence-electron chi connectivity index (χ0n) is 17.0. The zero-order valence-corrected chi connectivity index (χ0v) is 17.0. The highest BCUT2D eigenvalue weighted by atomic mass is 16.3. The van der Waals surface area contributed by atoms with Gasteiger partial charge in [0.15, 0.2) is 11.7 Å². The Bertz CT molecular complexity index is 1080. The standard InChI is InChI=1S/C21H24N8O/c1-22-21(23-11-10-18-26-20(28-27-18)17-9-6-12-30-17)29(2)14-19-24-13-16(25-19)15-7-4-3-5-8-15/h3-9,12-13H,10-11,14H2,1-2H3,(H,22,23)(H,24,25)(H,26,27,28). The highest BCUT2D eigenvalue weighted by molar-refractivity contribution is 5.79. The number of aromatic amines is 2. The molecule has 1 aromatic carbocycles. The van der Waals surface area contributed by atoms with Crippen LogP contribution in [0.1, 0.15) is 11.6 Å². The first-order valence-corrected chi connectivity index (χ1v) is 9.69. The van der Waals surface area contributed by atoms with Gasteiger partial charge in [0.25, 0.3) is 0 Å². The molecule has 30 heavy (non-hydrogen) atoms. The van der Waals surface area contributed by atoms with Gasteiger partial charge in [0.1, 0.15) is 11.6 Å². The van der Waals surface area contributed by atoms with Crippen LogP contribution in [0.2, 0.25) is 0 Å². The van der Waals surface area contributed by atoms with E-state index in [2.05, 4.69) is 47.6 Å². The summed E-state index contributed by atoms with van der Waals surface area (Å²) >= 11 is 0. The number of nitrogens with one attached hydrogen (secondary N) is 3. The average Bonchev–Trinajstić information content (AvgIpc) is 3.53. The van der Waals surface area contributed by atoms with Crippen LogP contribution < -0.4 is 5.32 Å². The maximum atomic E-state index is 5.32. The van der Waals surface area contributed by atoms with Crippen LogP contribution in [0.4, 0.5) is 0 Å². The van der Waals surface area contributed by atoms with Crippen molar-refractivity contribution in [1.29, 1.82) is 0 Å². The summed E-state index contributed by atoms with van der Waals surface area (Å²) in [5.74, 6) is 3.64. The second kappa shape index (κ2) is 9.08. The molecule has 0 unspecified atom stereocenters. The fraction of sp³-hybridized carbons (Fsp3) is 0.238. The molecule has 9 nitrogen and oxygen atoms in total. The van der Waals surface area contributed by atoms with Crippen molar-refractivity contribution < 1.29 is 4.42 Å². The third-order valence-corrected chi connectivity index (χ3v) is 4.59. The lowest BCUT2D eigenvalue weighted by atomic mass is 10.2. The van der Waals surface area contributed by atoms with E-state index < -0.39 is 0 Å². The molecule has 9 heteroatoms. The van der Waals surface area contributed by atoms with E-state index in [0.717, 1.165) is 28.9 Å². The van der Waals surface area contributed by atoms with Crippen molar-refractivity contribution in [3.63, 3.8) is 0 Å². The smallest absolute Gasteiger partial charge is 0.216 e. The molecule has 3 aromatic heterocycles. The summed E-state index contributed by atoms with van der Waals surface area (Å²) in [4.78, 5) is 18.7. The molecule has 0 aliphatic heterocycles. The first-order chi connectivity index (χ1) is 14.7. The molecule has 0 spiro atoms. The van der Waals surface area contributed by atoms with Gasteiger partial charge in [0.05, 0.1) is 24.7 Å². The fourth-order valence-electron chi connectivity index (χ4n) is 3.11. The average molecular weight is 404 g/mol. The topological polar surface area (TPSA) is 111 Å². The number of furan rings is 1. The summed E-state index contributed by atoms with van der Waals surface area (Å²) in [7, 11) is 3.74. The van der Waals surface area contributed by atoms with Gasteiger partial charge >= 0.3 is 0 Å². The summed E-state index contributed by atoms with van der Waals surface area (Å²) < 4.78 is 5.32. The van der Waals surface area contributed by atoms with E-state index in [1.54, 1.807) is 13.3 Å². The molecule has 0 bridgehead atoms. The molecule has 0 saturated heterocycles. The van der Waals surface area contributed by atoms with Crippen molar-refractivity contribution >= 4 is 5.96 Å². The lowest BCUT2D eigenvalue weighted by Gasteiger charge is -2.20. The van der Waals surface area contributed by atoms with Gasteiger partial charge in [-0.05, 0) is 17.7 Å². The second-order valence-corrected chi connectivity index (χ2v) is 6.77. The van der Waals surface area contributed by atoms with Crippen molar-refractivity contribution in [2.45, 2.75) is 13.0 Å².